The molecule has 1 heterocycles. The van der Waals surface area contributed by atoms with E-state index in [-0.39, 0.29) is 5.97 Å². The SMILES string of the molecule is CCOC(=O)c1c(N=Cc2ccccc2OCc2cccc3ccccc23)sc2ccccc12. The Morgan fingerprint density at radius 1 is 0.882 bits per heavy atom. The van der Waals surface area contributed by atoms with E-state index in [4.69, 9.17) is 14.5 Å². The van der Waals surface area contributed by atoms with Gasteiger partial charge in [0.15, 0.2) is 0 Å². The summed E-state index contributed by atoms with van der Waals surface area (Å²) < 4.78 is 12.5. The first-order valence-electron chi connectivity index (χ1n) is 11.2. The van der Waals surface area contributed by atoms with Crippen molar-refractivity contribution in [3.05, 3.63) is 108 Å². The molecule has 0 amide bonds. The lowest BCUT2D eigenvalue weighted by atomic mass is 10.1. The van der Waals surface area contributed by atoms with Gasteiger partial charge in [0.05, 0.1) is 6.61 Å². The number of benzene rings is 4. The molecule has 0 bridgehead atoms. The molecule has 5 aromatic rings. The summed E-state index contributed by atoms with van der Waals surface area (Å²) >= 11 is 1.48. The van der Waals surface area contributed by atoms with Crippen molar-refractivity contribution >= 4 is 49.4 Å². The molecule has 1 aromatic heterocycles. The van der Waals surface area contributed by atoms with Crippen molar-refractivity contribution in [1.82, 2.24) is 0 Å². The predicted octanol–water partition coefficient (Wildman–Crippen LogP) is 7.56. The summed E-state index contributed by atoms with van der Waals surface area (Å²) in [5.74, 6) is 0.380. The van der Waals surface area contributed by atoms with Crippen LogP contribution in [-0.4, -0.2) is 18.8 Å². The van der Waals surface area contributed by atoms with Crippen molar-refractivity contribution in [1.29, 1.82) is 0 Å². The summed E-state index contributed by atoms with van der Waals surface area (Å²) in [7, 11) is 0. The Bertz CT molecular complexity index is 1500. The van der Waals surface area contributed by atoms with E-state index in [0.29, 0.717) is 23.8 Å². The Morgan fingerprint density at radius 2 is 1.62 bits per heavy atom. The van der Waals surface area contributed by atoms with Crippen LogP contribution < -0.4 is 4.74 Å². The van der Waals surface area contributed by atoms with Crippen molar-refractivity contribution in [2.45, 2.75) is 13.5 Å². The van der Waals surface area contributed by atoms with E-state index in [1.165, 1.54) is 22.1 Å². The highest BCUT2D eigenvalue weighted by Crippen LogP contribution is 2.38. The molecule has 34 heavy (non-hydrogen) atoms. The molecular weight excluding hydrogens is 442 g/mol. The Kier molecular flexibility index (Phi) is 6.36. The summed E-state index contributed by atoms with van der Waals surface area (Å²) in [6.45, 7) is 2.57. The molecule has 0 atom stereocenters. The zero-order valence-electron chi connectivity index (χ0n) is 18.7. The average Bonchev–Trinajstić information content (AvgIpc) is 3.25. The second kappa shape index (κ2) is 9.89. The fourth-order valence-electron chi connectivity index (χ4n) is 3.94. The summed E-state index contributed by atoms with van der Waals surface area (Å²) in [5, 5.41) is 3.86. The second-order valence-corrected chi connectivity index (χ2v) is 8.75. The molecule has 0 spiro atoms. The van der Waals surface area contributed by atoms with Gasteiger partial charge in [-0.15, -0.1) is 11.3 Å². The molecule has 0 unspecified atom stereocenters. The third-order valence-corrected chi connectivity index (χ3v) is 6.64. The maximum absolute atomic E-state index is 12.7. The Hall–Kier alpha value is -3.96. The number of ether oxygens (including phenoxy) is 2. The molecule has 4 aromatic carbocycles. The topological polar surface area (TPSA) is 47.9 Å². The van der Waals surface area contributed by atoms with E-state index < -0.39 is 0 Å². The molecule has 4 nitrogen and oxygen atoms in total. The molecule has 0 aliphatic carbocycles. The molecule has 0 aliphatic heterocycles. The number of para-hydroxylation sites is 1. The van der Waals surface area contributed by atoms with Gasteiger partial charge in [-0.25, -0.2) is 9.79 Å². The number of esters is 1. The fourth-order valence-corrected chi connectivity index (χ4v) is 4.98. The van der Waals surface area contributed by atoms with E-state index in [9.17, 15) is 4.79 Å². The number of nitrogens with zero attached hydrogens (tertiary/aromatic N) is 1. The maximum Gasteiger partial charge on any atom is 0.341 e. The number of thiophene rings is 1. The van der Waals surface area contributed by atoms with Crippen LogP contribution in [0.15, 0.2) is 96.0 Å². The summed E-state index contributed by atoms with van der Waals surface area (Å²) in [6, 6.07) is 30.1. The predicted molar refractivity (Wildman–Crippen MR) is 140 cm³/mol. The number of rotatable bonds is 7. The standard InChI is InChI=1S/C29H23NO3S/c1-2-32-29(31)27-24-15-6-8-17-26(24)34-28(27)30-18-21-11-4-7-16-25(21)33-19-22-13-9-12-20-10-3-5-14-23(20)22/h3-18H,2,19H2,1H3. The fraction of sp³-hybridized carbons (Fsp3) is 0.103. The van der Waals surface area contributed by atoms with Gasteiger partial charge < -0.3 is 9.47 Å². The second-order valence-electron chi connectivity index (χ2n) is 7.72. The van der Waals surface area contributed by atoms with Gasteiger partial charge in [-0.1, -0.05) is 72.8 Å². The lowest BCUT2D eigenvalue weighted by Crippen LogP contribution is -2.04. The molecule has 0 saturated carbocycles. The number of carbonyl (C=O) groups is 1. The van der Waals surface area contributed by atoms with Gasteiger partial charge in [0.25, 0.3) is 0 Å². The third-order valence-electron chi connectivity index (χ3n) is 5.56. The molecule has 5 rings (SSSR count). The van der Waals surface area contributed by atoms with Crippen LogP contribution in [0.5, 0.6) is 5.75 Å². The van der Waals surface area contributed by atoms with Gasteiger partial charge in [0.1, 0.15) is 22.9 Å². The quantitative estimate of drug-likeness (QED) is 0.184. The van der Waals surface area contributed by atoms with Gasteiger partial charge in [-0.2, -0.15) is 0 Å². The van der Waals surface area contributed by atoms with E-state index in [1.807, 2.05) is 66.7 Å². The molecule has 168 valence electrons. The molecule has 5 heteroatoms. The van der Waals surface area contributed by atoms with Crippen LogP contribution in [-0.2, 0) is 11.3 Å². The largest absolute Gasteiger partial charge is 0.488 e. The number of fused-ring (bicyclic) bond motifs is 2. The summed E-state index contributed by atoms with van der Waals surface area (Å²) in [4.78, 5) is 17.4. The smallest absolute Gasteiger partial charge is 0.341 e. The minimum Gasteiger partial charge on any atom is -0.488 e. The molecule has 0 aliphatic rings. The highest BCUT2D eigenvalue weighted by atomic mass is 32.1. The van der Waals surface area contributed by atoms with E-state index >= 15 is 0 Å². The van der Waals surface area contributed by atoms with E-state index in [1.54, 1.807) is 13.1 Å². The zero-order valence-corrected chi connectivity index (χ0v) is 19.5. The lowest BCUT2D eigenvalue weighted by Gasteiger charge is -2.11. The van der Waals surface area contributed by atoms with Gasteiger partial charge in [0, 0.05) is 21.9 Å². The van der Waals surface area contributed by atoms with Crippen molar-refractivity contribution < 1.29 is 14.3 Å². The minimum atomic E-state index is -0.354. The van der Waals surface area contributed by atoms with Crippen LogP contribution in [0.4, 0.5) is 5.00 Å². The highest BCUT2D eigenvalue weighted by molar-refractivity contribution is 7.23. The molecule has 0 saturated heterocycles. The van der Waals surface area contributed by atoms with Crippen molar-refractivity contribution in [2.24, 2.45) is 4.99 Å². The monoisotopic (exact) mass is 465 g/mol. The van der Waals surface area contributed by atoms with Gasteiger partial charge in [-0.05, 0) is 41.5 Å². The summed E-state index contributed by atoms with van der Waals surface area (Å²) in [5.41, 5.74) is 2.47. The highest BCUT2D eigenvalue weighted by Gasteiger charge is 2.19. The minimum absolute atomic E-state index is 0.316. The van der Waals surface area contributed by atoms with Crippen LogP contribution in [0, 0.1) is 0 Å². The Labute approximate surface area is 202 Å². The van der Waals surface area contributed by atoms with Gasteiger partial charge >= 0.3 is 5.97 Å². The molecule has 0 fully saturated rings. The summed E-state index contributed by atoms with van der Waals surface area (Å²) in [6.07, 6.45) is 1.76. The maximum atomic E-state index is 12.7. The van der Waals surface area contributed by atoms with Crippen LogP contribution in [0.2, 0.25) is 0 Å². The average molecular weight is 466 g/mol. The van der Waals surface area contributed by atoms with Crippen molar-refractivity contribution in [3.8, 4) is 5.75 Å². The van der Waals surface area contributed by atoms with Crippen LogP contribution >= 0.6 is 11.3 Å². The van der Waals surface area contributed by atoms with Gasteiger partial charge in [-0.3, -0.25) is 0 Å². The number of hydrogen-bond acceptors (Lipinski definition) is 5. The number of hydrogen-bond donors (Lipinski definition) is 0. The first-order chi connectivity index (χ1) is 16.7. The van der Waals surface area contributed by atoms with E-state index in [2.05, 4.69) is 24.3 Å². The van der Waals surface area contributed by atoms with Crippen LogP contribution in [0.1, 0.15) is 28.4 Å². The molecule has 0 N–H and O–H groups in total. The third kappa shape index (κ3) is 4.43. The molecule has 0 radical (unpaired) electrons. The number of carbonyl (C=O) groups excluding carboxylic acids is 1. The number of aliphatic imine (C=N–C) groups is 1. The van der Waals surface area contributed by atoms with Crippen LogP contribution in [0.25, 0.3) is 20.9 Å². The molecular formula is C29H23NO3S. The Morgan fingerprint density at radius 3 is 2.50 bits per heavy atom. The van der Waals surface area contributed by atoms with Crippen molar-refractivity contribution in [3.63, 3.8) is 0 Å². The normalized spacial score (nSPS) is 11.3. The van der Waals surface area contributed by atoms with Crippen molar-refractivity contribution in [2.75, 3.05) is 6.61 Å². The van der Waals surface area contributed by atoms with Crippen LogP contribution in [0.3, 0.4) is 0 Å². The van der Waals surface area contributed by atoms with E-state index in [0.717, 1.165) is 27.0 Å². The lowest BCUT2D eigenvalue weighted by molar-refractivity contribution is 0.0530. The van der Waals surface area contributed by atoms with Gasteiger partial charge in [0.2, 0.25) is 0 Å². The first kappa shape index (κ1) is 21.9. The zero-order chi connectivity index (χ0) is 23.3. The Balaban J connectivity index is 1.44. The first-order valence-corrected chi connectivity index (χ1v) is 12.0.